The maximum absolute atomic E-state index is 5.36. The fourth-order valence-corrected chi connectivity index (χ4v) is 15.8. The summed E-state index contributed by atoms with van der Waals surface area (Å²) in [6.45, 7) is 8.79. The molecule has 19 aromatic rings. The predicted octanol–water partition coefficient (Wildman–Crippen LogP) is 25.5. The summed E-state index contributed by atoms with van der Waals surface area (Å²) in [6, 6.07) is 126. The number of rotatable bonds is 14. The van der Waals surface area contributed by atoms with Crippen LogP contribution in [-0.2, 0) is 0 Å². The number of fused-ring (bicyclic) bond motifs is 6. The minimum absolute atomic E-state index is 0.562. The number of hydrogen-bond donors (Lipinski definition) is 0. The van der Waals surface area contributed by atoms with Crippen molar-refractivity contribution in [3.63, 3.8) is 0 Å². The lowest BCUT2D eigenvalue weighted by Gasteiger charge is -2.19. The van der Waals surface area contributed by atoms with Crippen molar-refractivity contribution in [2.75, 3.05) is 0 Å². The highest BCUT2D eigenvalue weighted by molar-refractivity contribution is 6.14. The van der Waals surface area contributed by atoms with Crippen molar-refractivity contribution in [1.29, 1.82) is 0 Å². The number of hydrogen-bond acceptors (Lipinski definition) is 6. The molecular weight excluding hydrogens is 1310 g/mol. The van der Waals surface area contributed by atoms with Gasteiger partial charge < -0.3 is 9.13 Å². The Labute approximate surface area is 627 Å². The van der Waals surface area contributed by atoms with Gasteiger partial charge in [-0.2, -0.15) is 0 Å². The van der Waals surface area contributed by atoms with E-state index in [-0.39, 0.29) is 0 Å². The highest BCUT2D eigenvalue weighted by Gasteiger charge is 2.25. The maximum atomic E-state index is 5.36. The zero-order chi connectivity index (χ0) is 72.3. The van der Waals surface area contributed by atoms with E-state index in [9.17, 15) is 0 Å². The van der Waals surface area contributed by atoms with Gasteiger partial charge in [-0.3, -0.25) is 0 Å². The summed E-state index contributed by atoms with van der Waals surface area (Å²) < 4.78 is 4.93. The average Bonchev–Trinajstić information content (AvgIpc) is 1.57. The van der Waals surface area contributed by atoms with Crippen LogP contribution in [0.1, 0.15) is 22.3 Å². The van der Waals surface area contributed by atoms with Crippen LogP contribution in [0.2, 0.25) is 0 Å². The summed E-state index contributed by atoms with van der Waals surface area (Å²) >= 11 is 0. The van der Waals surface area contributed by atoms with Crippen molar-refractivity contribution < 1.29 is 0 Å². The Hall–Kier alpha value is -14.1. The highest BCUT2D eigenvalue weighted by Crippen LogP contribution is 2.46. The summed E-state index contributed by atoms with van der Waals surface area (Å²) in [4.78, 5) is 31.7. The molecule has 19 rings (SSSR count). The largest absolute Gasteiger partial charge is 0.309 e. The Morgan fingerprint density at radius 3 is 0.657 bits per heavy atom. The van der Waals surface area contributed by atoms with Crippen molar-refractivity contribution in [3.05, 3.63) is 374 Å². The summed E-state index contributed by atoms with van der Waals surface area (Å²) in [5.74, 6) is 3.49. The van der Waals surface area contributed by atoms with Crippen LogP contribution in [0.15, 0.2) is 352 Å². The van der Waals surface area contributed by atoms with Crippen LogP contribution in [0.3, 0.4) is 0 Å². The predicted molar refractivity (Wildman–Crippen MR) is 446 cm³/mol. The second-order valence-corrected chi connectivity index (χ2v) is 28.0. The van der Waals surface area contributed by atoms with Gasteiger partial charge in [0.05, 0.1) is 33.4 Å². The maximum Gasteiger partial charge on any atom is 0.164 e. The second kappa shape index (κ2) is 27.2. The molecule has 0 radical (unpaired) electrons. The summed E-state index contributed by atoms with van der Waals surface area (Å²) in [7, 11) is 0. The topological polar surface area (TPSA) is 87.2 Å². The minimum atomic E-state index is 0.562. The first-order valence-electron chi connectivity index (χ1n) is 36.7. The normalized spacial score (nSPS) is 11.5. The van der Waals surface area contributed by atoms with Crippen LogP contribution in [0, 0.1) is 27.7 Å². The van der Waals surface area contributed by atoms with Gasteiger partial charge in [0, 0.05) is 66.1 Å². The molecular formula is C100H70N8. The second-order valence-electron chi connectivity index (χ2n) is 28.0. The summed E-state index contributed by atoms with van der Waals surface area (Å²) in [6.07, 6.45) is 0. The zero-order valence-electron chi connectivity index (χ0n) is 60.1. The molecule has 0 N–H and O–H groups in total. The van der Waals surface area contributed by atoms with E-state index in [0.717, 1.165) is 133 Å². The molecule has 0 fully saturated rings. The molecule has 0 amide bonds. The van der Waals surface area contributed by atoms with E-state index in [0.29, 0.717) is 34.9 Å². The Bertz CT molecular complexity index is 5990. The zero-order valence-corrected chi connectivity index (χ0v) is 60.1. The first kappa shape index (κ1) is 64.7. The van der Waals surface area contributed by atoms with Gasteiger partial charge in [0.25, 0.3) is 0 Å². The van der Waals surface area contributed by atoms with Crippen molar-refractivity contribution in [3.8, 4) is 146 Å². The number of aryl methyl sites for hydroxylation is 4. The molecule has 0 aliphatic heterocycles. The molecule has 0 saturated heterocycles. The summed E-state index contributed by atoms with van der Waals surface area (Å²) in [5.41, 5.74) is 29.8. The molecule has 0 saturated carbocycles. The van der Waals surface area contributed by atoms with E-state index >= 15 is 0 Å². The molecule has 15 aromatic carbocycles. The molecule has 4 aromatic heterocycles. The third kappa shape index (κ3) is 11.8. The van der Waals surface area contributed by atoms with Crippen LogP contribution < -0.4 is 0 Å². The lowest BCUT2D eigenvalue weighted by molar-refractivity contribution is 1.07. The van der Waals surface area contributed by atoms with Crippen LogP contribution in [0.4, 0.5) is 0 Å². The smallest absolute Gasteiger partial charge is 0.164 e. The Kier molecular flexibility index (Phi) is 16.3. The van der Waals surface area contributed by atoms with Crippen molar-refractivity contribution in [1.82, 2.24) is 39.0 Å². The monoisotopic (exact) mass is 1380 g/mol. The van der Waals surface area contributed by atoms with E-state index in [1.54, 1.807) is 0 Å². The average molecular weight is 1380 g/mol. The Morgan fingerprint density at radius 1 is 0.167 bits per heavy atom. The van der Waals surface area contributed by atoms with Gasteiger partial charge in [-0.05, 0) is 172 Å². The first-order chi connectivity index (χ1) is 53.2. The van der Waals surface area contributed by atoms with Gasteiger partial charge in [-0.15, -0.1) is 0 Å². The molecule has 510 valence electrons. The molecule has 0 spiro atoms. The SMILES string of the molecule is Cc1ccccc1-c1ccc2c(c1)c1cc(-c3ccccc3C)ccc1n2-c1cc(-c2nc(-c3ccccc3)nc(-c3ccccc3)n2)ccc1-c1cccc(-c2ccc(-c3nc(-c4ccccc4)nc(-c4ccccc4)n3)cc2-n2c3ccc(-c4ccccc4C)cc3c3cc(-c4ccccc4C)ccc32)c1. The molecule has 108 heavy (non-hydrogen) atoms. The van der Waals surface area contributed by atoms with Gasteiger partial charge in [0.1, 0.15) is 0 Å². The molecule has 0 aliphatic rings. The first-order valence-corrected chi connectivity index (χ1v) is 36.7. The van der Waals surface area contributed by atoms with Crippen molar-refractivity contribution in [2.24, 2.45) is 0 Å². The van der Waals surface area contributed by atoms with Crippen LogP contribution >= 0.6 is 0 Å². The lowest BCUT2D eigenvalue weighted by atomic mass is 9.94. The molecule has 0 unspecified atom stereocenters. The number of benzene rings is 15. The fourth-order valence-electron chi connectivity index (χ4n) is 15.8. The van der Waals surface area contributed by atoms with Crippen molar-refractivity contribution in [2.45, 2.75) is 27.7 Å². The Balaban J connectivity index is 0.870. The van der Waals surface area contributed by atoms with E-state index in [1.807, 2.05) is 72.8 Å². The highest BCUT2D eigenvalue weighted by atomic mass is 15.1. The molecule has 0 aliphatic carbocycles. The standard InChI is InChI=1S/C100H70N8/c1-63-26-17-21-40-79(63)73-46-52-89-85(57-73)86-58-74(80-41-22-18-27-64(80)2)47-53-90(86)107(89)93-61-77(99-103-95(67-30-9-5-10-31-67)101-96(104-99)68-32-11-6-12-33-68)44-50-83(93)71-38-25-39-72(56-71)84-51-45-78(100-105-97(69-34-13-7-14-35-69)102-98(106-100)70-36-15-8-16-37-70)62-94(84)108-91-54-48-75(81-42-23-19-28-65(81)3)59-87(91)88-60-76(49-55-92(88)108)82-43-24-20-29-66(82)4/h5-62H,1-4H3. The third-order valence-corrected chi connectivity index (χ3v) is 21.2. The van der Waals surface area contributed by atoms with E-state index < -0.39 is 0 Å². The van der Waals surface area contributed by atoms with Crippen LogP contribution in [0.5, 0.6) is 0 Å². The van der Waals surface area contributed by atoms with Crippen molar-refractivity contribution >= 4 is 43.6 Å². The molecule has 8 nitrogen and oxygen atoms in total. The van der Waals surface area contributed by atoms with Crippen LogP contribution in [-0.4, -0.2) is 39.0 Å². The summed E-state index contributed by atoms with van der Waals surface area (Å²) in [5, 5.41) is 4.56. The molecule has 0 atom stereocenters. The molecule has 8 heteroatoms. The minimum Gasteiger partial charge on any atom is -0.309 e. The van der Waals surface area contributed by atoms with E-state index in [4.69, 9.17) is 29.9 Å². The van der Waals surface area contributed by atoms with Gasteiger partial charge in [-0.1, -0.05) is 285 Å². The van der Waals surface area contributed by atoms with Gasteiger partial charge in [0.15, 0.2) is 34.9 Å². The lowest BCUT2D eigenvalue weighted by Crippen LogP contribution is -2.03. The molecule has 0 bridgehead atoms. The van der Waals surface area contributed by atoms with Gasteiger partial charge in [0.2, 0.25) is 0 Å². The fraction of sp³-hybridized carbons (Fsp3) is 0.0400. The van der Waals surface area contributed by atoms with E-state index in [2.05, 4.69) is 316 Å². The molecule has 4 heterocycles. The quantitative estimate of drug-likeness (QED) is 0.108. The van der Waals surface area contributed by atoms with Gasteiger partial charge >= 0.3 is 0 Å². The number of aromatic nitrogens is 8. The van der Waals surface area contributed by atoms with E-state index in [1.165, 1.54) is 44.5 Å². The third-order valence-electron chi connectivity index (χ3n) is 21.2. The van der Waals surface area contributed by atoms with Crippen LogP contribution in [0.25, 0.3) is 190 Å². The van der Waals surface area contributed by atoms with Gasteiger partial charge in [-0.25, -0.2) is 29.9 Å². The Morgan fingerprint density at radius 2 is 0.389 bits per heavy atom. The number of nitrogens with zero attached hydrogens (tertiary/aromatic N) is 8.